The van der Waals surface area contributed by atoms with Gasteiger partial charge >= 0.3 is 0 Å². The zero-order valence-corrected chi connectivity index (χ0v) is 14.4. The van der Waals surface area contributed by atoms with E-state index < -0.39 is 0 Å². The van der Waals surface area contributed by atoms with E-state index in [0.717, 1.165) is 12.5 Å². The fourth-order valence-electron chi connectivity index (χ4n) is 4.44. The van der Waals surface area contributed by atoms with Crippen LogP contribution >= 0.6 is 0 Å². The molecule has 0 bridgehead atoms. The number of rotatable bonds is 3. The second kappa shape index (κ2) is 5.61. The van der Waals surface area contributed by atoms with E-state index in [0.29, 0.717) is 16.9 Å². The lowest BCUT2D eigenvalue weighted by Crippen LogP contribution is -2.57. The second-order valence-corrected chi connectivity index (χ2v) is 9.37. The van der Waals surface area contributed by atoms with Gasteiger partial charge in [0.25, 0.3) is 0 Å². The number of nitrogens with one attached hydrogen (secondary N) is 1. The summed E-state index contributed by atoms with van der Waals surface area (Å²) in [6.07, 6.45) is 9.21. The molecule has 0 aromatic rings. The summed E-state index contributed by atoms with van der Waals surface area (Å²) in [5.74, 6) is 0.865. The molecule has 0 aliphatic heterocycles. The van der Waals surface area contributed by atoms with E-state index >= 15 is 0 Å². The topological polar surface area (TPSA) is 38.0 Å². The van der Waals surface area contributed by atoms with Gasteiger partial charge in [-0.15, -0.1) is 0 Å². The first-order valence-corrected chi connectivity index (χ1v) is 8.64. The molecule has 3 N–H and O–H groups in total. The van der Waals surface area contributed by atoms with E-state index in [4.69, 9.17) is 5.73 Å². The van der Waals surface area contributed by atoms with E-state index in [1.807, 2.05) is 0 Å². The van der Waals surface area contributed by atoms with Crippen LogP contribution in [-0.2, 0) is 0 Å². The predicted octanol–water partition coefficient (Wildman–Crippen LogP) is 4.09. The van der Waals surface area contributed by atoms with Gasteiger partial charge in [0.15, 0.2) is 0 Å². The standard InChI is InChI=1S/C18H36N2/c1-16(2,3)14-6-10-18(13-19,11-7-14)20-15-8-9-17(4,5)12-15/h14-15,20H,6-13,19H2,1-5H3. The third-order valence-electron chi connectivity index (χ3n) is 6.04. The predicted molar refractivity (Wildman–Crippen MR) is 87.8 cm³/mol. The highest BCUT2D eigenvalue weighted by Gasteiger charge is 2.41. The van der Waals surface area contributed by atoms with E-state index in [2.05, 4.69) is 39.9 Å². The van der Waals surface area contributed by atoms with Gasteiger partial charge in [-0.2, -0.15) is 0 Å². The van der Waals surface area contributed by atoms with Crippen molar-refractivity contribution in [2.75, 3.05) is 6.54 Å². The van der Waals surface area contributed by atoms with Crippen LogP contribution in [0, 0.1) is 16.7 Å². The molecule has 0 heterocycles. The van der Waals surface area contributed by atoms with Crippen LogP contribution in [0.5, 0.6) is 0 Å². The molecular weight excluding hydrogens is 244 g/mol. The van der Waals surface area contributed by atoms with Crippen molar-refractivity contribution < 1.29 is 0 Å². The third kappa shape index (κ3) is 3.76. The smallest absolute Gasteiger partial charge is 0.0306 e. The average Bonchev–Trinajstić information content (AvgIpc) is 2.68. The molecule has 0 aromatic carbocycles. The molecule has 2 fully saturated rings. The molecule has 0 amide bonds. The minimum Gasteiger partial charge on any atom is -0.329 e. The molecule has 0 saturated heterocycles. The van der Waals surface area contributed by atoms with Crippen LogP contribution in [0.4, 0.5) is 0 Å². The van der Waals surface area contributed by atoms with Crippen LogP contribution in [0.25, 0.3) is 0 Å². The zero-order chi connectivity index (χ0) is 15.0. The quantitative estimate of drug-likeness (QED) is 0.817. The zero-order valence-electron chi connectivity index (χ0n) is 14.4. The highest BCUT2D eigenvalue weighted by molar-refractivity contribution is 4.99. The number of hydrogen-bond donors (Lipinski definition) is 2. The molecule has 118 valence electrons. The first-order chi connectivity index (χ1) is 9.16. The van der Waals surface area contributed by atoms with Crippen molar-refractivity contribution in [3.8, 4) is 0 Å². The van der Waals surface area contributed by atoms with Crippen molar-refractivity contribution in [2.24, 2.45) is 22.5 Å². The molecule has 2 aliphatic carbocycles. The Balaban J connectivity index is 1.92. The maximum absolute atomic E-state index is 6.18. The SMILES string of the molecule is CC1(C)CCC(NC2(CN)CCC(C(C)(C)C)CC2)C1. The van der Waals surface area contributed by atoms with E-state index in [1.165, 1.54) is 44.9 Å². The lowest BCUT2D eigenvalue weighted by Gasteiger charge is -2.45. The van der Waals surface area contributed by atoms with Crippen LogP contribution in [0.15, 0.2) is 0 Å². The molecule has 2 nitrogen and oxygen atoms in total. The van der Waals surface area contributed by atoms with Gasteiger partial charge in [0.2, 0.25) is 0 Å². The Kier molecular flexibility index (Phi) is 4.57. The molecule has 1 atom stereocenters. The highest BCUT2D eigenvalue weighted by Crippen LogP contribution is 2.43. The largest absolute Gasteiger partial charge is 0.329 e. The summed E-state index contributed by atoms with van der Waals surface area (Å²) >= 11 is 0. The van der Waals surface area contributed by atoms with Gasteiger partial charge in [-0.3, -0.25) is 0 Å². The van der Waals surface area contributed by atoms with E-state index in [9.17, 15) is 0 Å². The lowest BCUT2D eigenvalue weighted by atomic mass is 9.67. The molecule has 1 unspecified atom stereocenters. The molecule has 0 radical (unpaired) electrons. The summed E-state index contributed by atoms with van der Waals surface area (Å²) in [5.41, 5.74) is 7.38. The minimum atomic E-state index is 0.229. The summed E-state index contributed by atoms with van der Waals surface area (Å²) in [5, 5.41) is 3.98. The number of nitrogens with two attached hydrogens (primary N) is 1. The van der Waals surface area contributed by atoms with Crippen LogP contribution in [0.1, 0.15) is 79.6 Å². The molecular formula is C18H36N2. The highest BCUT2D eigenvalue weighted by atomic mass is 15.0. The van der Waals surface area contributed by atoms with Crippen molar-refractivity contribution >= 4 is 0 Å². The molecule has 2 aliphatic rings. The summed E-state index contributed by atoms with van der Waals surface area (Å²) in [4.78, 5) is 0. The first kappa shape index (κ1) is 16.3. The van der Waals surface area contributed by atoms with Crippen molar-refractivity contribution in [3.63, 3.8) is 0 Å². The van der Waals surface area contributed by atoms with Crippen LogP contribution < -0.4 is 11.1 Å². The summed E-state index contributed by atoms with van der Waals surface area (Å²) in [7, 11) is 0. The lowest BCUT2D eigenvalue weighted by molar-refractivity contribution is 0.109. The van der Waals surface area contributed by atoms with Gasteiger partial charge in [0.1, 0.15) is 0 Å². The maximum atomic E-state index is 6.18. The second-order valence-electron chi connectivity index (χ2n) is 9.37. The van der Waals surface area contributed by atoms with E-state index in [-0.39, 0.29) is 5.54 Å². The molecule has 0 aromatic heterocycles. The monoisotopic (exact) mass is 280 g/mol. The third-order valence-corrected chi connectivity index (χ3v) is 6.04. The first-order valence-electron chi connectivity index (χ1n) is 8.64. The normalized spacial score (nSPS) is 38.1. The fourth-order valence-corrected chi connectivity index (χ4v) is 4.44. The van der Waals surface area contributed by atoms with Crippen molar-refractivity contribution in [1.29, 1.82) is 0 Å². The van der Waals surface area contributed by atoms with Gasteiger partial charge in [0, 0.05) is 18.1 Å². The molecule has 2 rings (SSSR count). The van der Waals surface area contributed by atoms with Crippen molar-refractivity contribution in [1.82, 2.24) is 5.32 Å². The van der Waals surface area contributed by atoms with Gasteiger partial charge in [-0.25, -0.2) is 0 Å². The average molecular weight is 280 g/mol. The Bertz CT molecular complexity index is 319. The molecule has 2 saturated carbocycles. The van der Waals surface area contributed by atoms with Gasteiger partial charge in [-0.1, -0.05) is 34.6 Å². The maximum Gasteiger partial charge on any atom is 0.0306 e. The Morgan fingerprint density at radius 2 is 1.65 bits per heavy atom. The van der Waals surface area contributed by atoms with Crippen LogP contribution in [-0.4, -0.2) is 18.1 Å². The summed E-state index contributed by atoms with van der Waals surface area (Å²) < 4.78 is 0. The fraction of sp³-hybridized carbons (Fsp3) is 1.00. The molecule has 20 heavy (non-hydrogen) atoms. The molecule has 0 spiro atoms. The van der Waals surface area contributed by atoms with Crippen LogP contribution in [0.2, 0.25) is 0 Å². The Hall–Kier alpha value is -0.0800. The van der Waals surface area contributed by atoms with Gasteiger partial charge < -0.3 is 11.1 Å². The summed E-state index contributed by atoms with van der Waals surface area (Å²) in [6.45, 7) is 12.8. The van der Waals surface area contributed by atoms with Crippen LogP contribution in [0.3, 0.4) is 0 Å². The Labute approximate surface area is 126 Å². The van der Waals surface area contributed by atoms with Gasteiger partial charge in [0.05, 0.1) is 0 Å². The Morgan fingerprint density at radius 1 is 1.05 bits per heavy atom. The van der Waals surface area contributed by atoms with Gasteiger partial charge in [-0.05, 0) is 61.7 Å². The summed E-state index contributed by atoms with van der Waals surface area (Å²) in [6, 6.07) is 0.694. The number of hydrogen-bond acceptors (Lipinski definition) is 2. The minimum absolute atomic E-state index is 0.229. The van der Waals surface area contributed by atoms with Crippen molar-refractivity contribution in [3.05, 3.63) is 0 Å². The Morgan fingerprint density at radius 3 is 2.05 bits per heavy atom. The van der Waals surface area contributed by atoms with Crippen molar-refractivity contribution in [2.45, 2.75) is 91.1 Å². The molecule has 2 heteroatoms. The van der Waals surface area contributed by atoms with E-state index in [1.54, 1.807) is 0 Å².